The van der Waals surface area contributed by atoms with Crippen molar-refractivity contribution in [2.75, 3.05) is 16.8 Å². The molecular formula is C13H16N2O4S2. The van der Waals surface area contributed by atoms with E-state index >= 15 is 0 Å². The molecule has 0 aliphatic heterocycles. The van der Waals surface area contributed by atoms with Crippen molar-refractivity contribution in [2.45, 2.75) is 25.7 Å². The van der Waals surface area contributed by atoms with Crippen LogP contribution in [0, 0.1) is 0 Å². The van der Waals surface area contributed by atoms with Gasteiger partial charge in [0.05, 0.1) is 17.1 Å². The van der Waals surface area contributed by atoms with Crippen LogP contribution in [-0.4, -0.2) is 34.4 Å². The number of amides is 2. The summed E-state index contributed by atoms with van der Waals surface area (Å²) >= 11 is 2.41. The fourth-order valence-corrected chi connectivity index (χ4v) is 4.15. The van der Waals surface area contributed by atoms with Crippen LogP contribution in [0.25, 0.3) is 0 Å². The number of thioether (sulfide) groups is 1. The summed E-state index contributed by atoms with van der Waals surface area (Å²) in [6.45, 7) is 0. The molecule has 2 amide bonds. The first-order chi connectivity index (χ1) is 9.99. The molecule has 1 aromatic rings. The number of carbonyl (C=O) groups excluding carboxylic acids is 2. The molecule has 0 fully saturated rings. The maximum absolute atomic E-state index is 11.8. The highest BCUT2D eigenvalue weighted by Crippen LogP contribution is 2.37. The van der Waals surface area contributed by atoms with E-state index in [2.05, 4.69) is 5.32 Å². The number of carboxylic acids is 1. The highest BCUT2D eigenvalue weighted by molar-refractivity contribution is 8.00. The molecule has 1 heterocycles. The van der Waals surface area contributed by atoms with E-state index in [1.54, 1.807) is 0 Å². The number of aryl methyl sites for hydroxylation is 1. The van der Waals surface area contributed by atoms with Crippen molar-refractivity contribution >= 4 is 45.9 Å². The monoisotopic (exact) mass is 328 g/mol. The topological polar surface area (TPSA) is 109 Å². The number of fused-ring (bicyclic) bond motifs is 1. The third kappa shape index (κ3) is 3.98. The average Bonchev–Trinajstić information content (AvgIpc) is 2.75. The summed E-state index contributed by atoms with van der Waals surface area (Å²) in [4.78, 5) is 35.0. The van der Waals surface area contributed by atoms with Gasteiger partial charge in [0.2, 0.25) is 5.91 Å². The number of carboxylic acid groups (broad SMARTS) is 1. The van der Waals surface area contributed by atoms with Crippen LogP contribution in [0.4, 0.5) is 5.00 Å². The first kappa shape index (κ1) is 15.8. The number of aliphatic carboxylic acids is 1. The number of rotatable bonds is 6. The number of nitrogens with two attached hydrogens (primary N) is 1. The van der Waals surface area contributed by atoms with Crippen molar-refractivity contribution in [1.29, 1.82) is 0 Å². The second-order valence-electron chi connectivity index (χ2n) is 4.71. The molecule has 0 atom stereocenters. The Morgan fingerprint density at radius 1 is 1.24 bits per heavy atom. The molecule has 0 saturated heterocycles. The average molecular weight is 328 g/mol. The van der Waals surface area contributed by atoms with Crippen LogP contribution >= 0.6 is 23.1 Å². The molecule has 21 heavy (non-hydrogen) atoms. The Kier molecular flexibility index (Phi) is 5.24. The molecule has 1 aromatic heterocycles. The molecular weight excluding hydrogens is 312 g/mol. The molecule has 0 aromatic carbocycles. The fraction of sp³-hybridized carbons (Fsp3) is 0.462. The van der Waals surface area contributed by atoms with Crippen LogP contribution in [0.1, 0.15) is 33.6 Å². The van der Waals surface area contributed by atoms with Gasteiger partial charge in [0.15, 0.2) is 0 Å². The lowest BCUT2D eigenvalue weighted by Gasteiger charge is -2.11. The van der Waals surface area contributed by atoms with Gasteiger partial charge in [-0.3, -0.25) is 14.4 Å². The van der Waals surface area contributed by atoms with Crippen molar-refractivity contribution in [3.8, 4) is 0 Å². The molecule has 0 unspecified atom stereocenters. The number of hydrogen-bond acceptors (Lipinski definition) is 5. The summed E-state index contributed by atoms with van der Waals surface area (Å²) in [5, 5.41) is 11.7. The van der Waals surface area contributed by atoms with Gasteiger partial charge >= 0.3 is 5.97 Å². The minimum atomic E-state index is -0.961. The minimum absolute atomic E-state index is 0.0348. The molecule has 2 rings (SSSR count). The summed E-state index contributed by atoms with van der Waals surface area (Å²) in [5.74, 6) is -1.90. The number of carbonyl (C=O) groups is 3. The Balaban J connectivity index is 2.09. The van der Waals surface area contributed by atoms with Crippen LogP contribution in [0.3, 0.4) is 0 Å². The van der Waals surface area contributed by atoms with Gasteiger partial charge in [-0.2, -0.15) is 0 Å². The Hall–Kier alpha value is -1.54. The first-order valence-corrected chi connectivity index (χ1v) is 8.50. The van der Waals surface area contributed by atoms with Crippen LogP contribution in [0.15, 0.2) is 0 Å². The predicted molar refractivity (Wildman–Crippen MR) is 83.1 cm³/mol. The second-order valence-corrected chi connectivity index (χ2v) is 6.80. The summed E-state index contributed by atoms with van der Waals surface area (Å²) in [6, 6.07) is 0. The standard InChI is InChI=1S/C13H16N2O4S2/c14-12(19)11-7-3-1-2-4-8(7)21-13(11)15-9(16)5-20-6-10(17)18/h1-6H2,(H2,14,19)(H,15,16)(H,17,18). The number of nitrogens with one attached hydrogen (secondary N) is 1. The van der Waals surface area contributed by atoms with E-state index in [1.807, 2.05) is 0 Å². The summed E-state index contributed by atoms with van der Waals surface area (Å²) in [5.41, 5.74) is 6.82. The van der Waals surface area contributed by atoms with Gasteiger partial charge in [0.1, 0.15) is 5.00 Å². The molecule has 0 saturated carbocycles. The smallest absolute Gasteiger partial charge is 0.313 e. The van der Waals surface area contributed by atoms with Crippen molar-refractivity contribution < 1.29 is 19.5 Å². The van der Waals surface area contributed by atoms with Gasteiger partial charge in [-0.25, -0.2) is 0 Å². The van der Waals surface area contributed by atoms with E-state index in [-0.39, 0.29) is 17.4 Å². The van der Waals surface area contributed by atoms with Gasteiger partial charge in [-0.05, 0) is 31.2 Å². The predicted octanol–water partition coefficient (Wildman–Crippen LogP) is 1.48. The SMILES string of the molecule is NC(=O)c1c(NC(=O)CSCC(=O)O)sc2c1CCCC2. The molecule has 6 nitrogen and oxygen atoms in total. The quantitative estimate of drug-likeness (QED) is 0.733. The van der Waals surface area contributed by atoms with E-state index < -0.39 is 11.9 Å². The molecule has 4 N–H and O–H groups in total. The first-order valence-electron chi connectivity index (χ1n) is 6.52. The molecule has 0 bridgehead atoms. The van der Waals surface area contributed by atoms with Crippen molar-refractivity contribution in [3.05, 3.63) is 16.0 Å². The third-order valence-corrected chi connectivity index (χ3v) is 5.25. The normalized spacial score (nSPS) is 13.5. The van der Waals surface area contributed by atoms with Crippen LogP contribution in [0.5, 0.6) is 0 Å². The summed E-state index contributed by atoms with van der Waals surface area (Å²) < 4.78 is 0. The largest absolute Gasteiger partial charge is 0.481 e. The van der Waals surface area contributed by atoms with E-state index in [0.29, 0.717) is 10.6 Å². The lowest BCUT2D eigenvalue weighted by Crippen LogP contribution is -2.19. The Bertz CT molecular complexity index is 583. The van der Waals surface area contributed by atoms with E-state index in [1.165, 1.54) is 11.3 Å². The molecule has 0 spiro atoms. The highest BCUT2D eigenvalue weighted by Gasteiger charge is 2.24. The van der Waals surface area contributed by atoms with Crippen LogP contribution in [0.2, 0.25) is 0 Å². The molecule has 8 heteroatoms. The molecule has 1 aliphatic carbocycles. The lowest BCUT2D eigenvalue weighted by molar-refractivity contribution is -0.133. The zero-order valence-corrected chi connectivity index (χ0v) is 12.9. The Labute approximate surface area is 130 Å². The van der Waals surface area contributed by atoms with Gasteiger partial charge in [-0.15, -0.1) is 23.1 Å². The van der Waals surface area contributed by atoms with E-state index in [0.717, 1.165) is 47.9 Å². The Morgan fingerprint density at radius 2 is 1.95 bits per heavy atom. The van der Waals surface area contributed by atoms with Crippen LogP contribution in [-0.2, 0) is 22.4 Å². The van der Waals surface area contributed by atoms with Gasteiger partial charge in [0, 0.05) is 4.88 Å². The Morgan fingerprint density at radius 3 is 2.62 bits per heavy atom. The zero-order valence-electron chi connectivity index (χ0n) is 11.3. The number of hydrogen-bond donors (Lipinski definition) is 3. The number of primary amides is 1. The van der Waals surface area contributed by atoms with Crippen molar-refractivity contribution in [3.63, 3.8) is 0 Å². The van der Waals surface area contributed by atoms with Gasteiger partial charge in [0.25, 0.3) is 5.91 Å². The third-order valence-electron chi connectivity index (χ3n) is 3.13. The zero-order chi connectivity index (χ0) is 15.4. The van der Waals surface area contributed by atoms with Gasteiger partial charge < -0.3 is 16.2 Å². The maximum Gasteiger partial charge on any atom is 0.313 e. The fourth-order valence-electron chi connectivity index (χ4n) is 2.31. The lowest BCUT2D eigenvalue weighted by atomic mass is 9.95. The summed E-state index contributed by atoms with van der Waals surface area (Å²) in [7, 11) is 0. The molecule has 114 valence electrons. The molecule has 1 aliphatic rings. The van der Waals surface area contributed by atoms with Crippen LogP contribution < -0.4 is 11.1 Å². The van der Waals surface area contributed by atoms with E-state index in [9.17, 15) is 14.4 Å². The number of anilines is 1. The van der Waals surface area contributed by atoms with Crippen molar-refractivity contribution in [2.24, 2.45) is 5.73 Å². The van der Waals surface area contributed by atoms with Crippen molar-refractivity contribution in [1.82, 2.24) is 0 Å². The summed E-state index contributed by atoms with van der Waals surface area (Å²) in [6.07, 6.45) is 3.82. The molecule has 0 radical (unpaired) electrons. The van der Waals surface area contributed by atoms with Gasteiger partial charge in [-0.1, -0.05) is 0 Å². The maximum atomic E-state index is 11.8. The highest BCUT2D eigenvalue weighted by atomic mass is 32.2. The second kappa shape index (κ2) is 6.95. The van der Waals surface area contributed by atoms with E-state index in [4.69, 9.17) is 10.8 Å². The minimum Gasteiger partial charge on any atom is -0.481 e. The number of thiophene rings is 1.